The van der Waals surface area contributed by atoms with E-state index in [0.29, 0.717) is 24.5 Å². The van der Waals surface area contributed by atoms with Crippen molar-refractivity contribution in [3.8, 4) is 0 Å². The summed E-state index contributed by atoms with van der Waals surface area (Å²) in [5, 5.41) is 15.3. The summed E-state index contributed by atoms with van der Waals surface area (Å²) in [5.41, 5.74) is 2.55. The van der Waals surface area contributed by atoms with Gasteiger partial charge in [0.25, 0.3) is 5.56 Å². The number of β-amino-alcohol motifs (C(OH)–C–C–N with tert-alkyl or cyclic N) is 1. The van der Waals surface area contributed by atoms with E-state index in [4.69, 9.17) is 4.74 Å². The number of likely N-dealkylation sites (tertiary alicyclic amines) is 1. The van der Waals surface area contributed by atoms with Gasteiger partial charge < -0.3 is 14.7 Å². The van der Waals surface area contributed by atoms with Crippen molar-refractivity contribution in [1.29, 1.82) is 0 Å². The molecule has 4 heterocycles. The Bertz CT molecular complexity index is 1200. The fourth-order valence-electron chi connectivity index (χ4n) is 5.62. The Labute approximate surface area is 197 Å². The predicted octanol–water partition coefficient (Wildman–Crippen LogP) is 1.70. The molecule has 2 aromatic rings. The highest BCUT2D eigenvalue weighted by atomic mass is 16.5. The summed E-state index contributed by atoms with van der Waals surface area (Å²) in [4.78, 5) is 40.9. The van der Waals surface area contributed by atoms with E-state index < -0.39 is 11.5 Å². The highest BCUT2D eigenvalue weighted by Gasteiger charge is 2.46. The number of fused-ring (bicyclic) bond motifs is 1. The molecule has 180 valence electrons. The van der Waals surface area contributed by atoms with Crippen molar-refractivity contribution in [3.05, 3.63) is 56.9 Å². The van der Waals surface area contributed by atoms with Crippen LogP contribution < -0.4 is 10.5 Å². The summed E-state index contributed by atoms with van der Waals surface area (Å²) in [6.07, 6.45) is 2.53. The largest absolute Gasteiger partial charge is 0.457 e. The molecule has 1 aromatic carbocycles. The van der Waals surface area contributed by atoms with Gasteiger partial charge in [-0.2, -0.15) is 5.10 Å². The Hall–Kier alpha value is -3.04. The third kappa shape index (κ3) is 3.82. The second-order valence-corrected chi connectivity index (χ2v) is 9.69. The average molecular weight is 467 g/mol. The number of anilines is 1. The van der Waals surface area contributed by atoms with Crippen molar-refractivity contribution in [3.63, 3.8) is 0 Å². The second-order valence-electron chi connectivity index (χ2n) is 9.69. The fourth-order valence-corrected chi connectivity index (χ4v) is 5.62. The van der Waals surface area contributed by atoms with E-state index in [1.165, 1.54) is 10.7 Å². The number of aliphatic hydroxyl groups excluding tert-OH is 1. The summed E-state index contributed by atoms with van der Waals surface area (Å²) in [6.45, 7) is 4.72. The van der Waals surface area contributed by atoms with Crippen molar-refractivity contribution in [2.24, 2.45) is 12.5 Å². The average Bonchev–Trinajstić information content (AvgIpc) is 3.21. The number of rotatable bonds is 4. The molecule has 9 heteroatoms. The molecule has 1 aromatic heterocycles. The molecular weight excluding hydrogens is 436 g/mol. The minimum atomic E-state index is -0.677. The van der Waals surface area contributed by atoms with Gasteiger partial charge >= 0.3 is 5.97 Å². The number of ether oxygens (including phenoxy) is 1. The number of amides is 1. The number of carbonyl (C=O) groups is 2. The van der Waals surface area contributed by atoms with Crippen LogP contribution in [0.5, 0.6) is 0 Å². The number of carbonyl (C=O) groups excluding carboxylic acids is 2. The Balaban J connectivity index is 1.25. The number of esters is 1. The third-order valence-electron chi connectivity index (χ3n) is 7.77. The van der Waals surface area contributed by atoms with Crippen LogP contribution in [0.15, 0.2) is 29.1 Å². The lowest BCUT2D eigenvalue weighted by molar-refractivity contribution is -0.133. The maximum atomic E-state index is 13.5. The number of cyclic esters (lactones) is 1. The summed E-state index contributed by atoms with van der Waals surface area (Å²) in [7, 11) is 1.59. The second kappa shape index (κ2) is 8.63. The van der Waals surface area contributed by atoms with Crippen LogP contribution >= 0.6 is 0 Å². The van der Waals surface area contributed by atoms with Crippen LogP contribution in [0.4, 0.5) is 5.82 Å². The van der Waals surface area contributed by atoms with E-state index in [0.717, 1.165) is 55.5 Å². The number of benzene rings is 1. The molecule has 5 rings (SSSR count). The summed E-state index contributed by atoms with van der Waals surface area (Å²) >= 11 is 0. The van der Waals surface area contributed by atoms with E-state index in [-0.39, 0.29) is 24.0 Å². The van der Waals surface area contributed by atoms with E-state index in [1.807, 2.05) is 13.0 Å². The molecule has 0 radical (unpaired) electrons. The maximum Gasteiger partial charge on any atom is 0.338 e. The first-order chi connectivity index (χ1) is 16.3. The lowest BCUT2D eigenvalue weighted by Crippen LogP contribution is -2.54. The lowest BCUT2D eigenvalue weighted by Gasteiger charge is -2.46. The van der Waals surface area contributed by atoms with Gasteiger partial charge in [-0.05, 0) is 69.0 Å². The van der Waals surface area contributed by atoms with Gasteiger partial charge in [-0.15, -0.1) is 0 Å². The van der Waals surface area contributed by atoms with Gasteiger partial charge in [-0.3, -0.25) is 14.5 Å². The number of hydrogen-bond donors (Lipinski definition) is 1. The summed E-state index contributed by atoms with van der Waals surface area (Å²) in [5.74, 6) is 0.308. The Kier molecular flexibility index (Phi) is 5.77. The van der Waals surface area contributed by atoms with Gasteiger partial charge in [0.1, 0.15) is 6.61 Å². The van der Waals surface area contributed by atoms with E-state index in [1.54, 1.807) is 24.1 Å². The third-order valence-corrected chi connectivity index (χ3v) is 7.77. The van der Waals surface area contributed by atoms with Crippen LogP contribution in [-0.2, 0) is 23.2 Å². The van der Waals surface area contributed by atoms with Crippen LogP contribution in [-0.4, -0.2) is 57.8 Å². The molecule has 3 aliphatic heterocycles. The zero-order valence-corrected chi connectivity index (χ0v) is 19.6. The van der Waals surface area contributed by atoms with Crippen LogP contribution in [0, 0.1) is 12.3 Å². The van der Waals surface area contributed by atoms with Gasteiger partial charge in [0.2, 0.25) is 5.91 Å². The topological polar surface area (TPSA) is 105 Å². The quantitative estimate of drug-likeness (QED) is 0.684. The van der Waals surface area contributed by atoms with Gasteiger partial charge in [0, 0.05) is 31.8 Å². The molecule has 34 heavy (non-hydrogen) atoms. The molecule has 1 amide bonds. The van der Waals surface area contributed by atoms with Crippen LogP contribution in [0.2, 0.25) is 0 Å². The summed E-state index contributed by atoms with van der Waals surface area (Å²) < 4.78 is 6.39. The number of aliphatic hydroxyl groups is 1. The van der Waals surface area contributed by atoms with E-state index >= 15 is 0 Å². The molecular formula is C25H30N4O5. The smallest absolute Gasteiger partial charge is 0.338 e. The van der Waals surface area contributed by atoms with Crippen molar-refractivity contribution < 1.29 is 19.4 Å². The number of nitrogens with zero attached hydrogens (tertiary/aromatic N) is 4. The highest BCUT2D eigenvalue weighted by molar-refractivity contribution is 5.97. The first-order valence-corrected chi connectivity index (χ1v) is 11.9. The zero-order valence-electron chi connectivity index (χ0n) is 19.6. The molecule has 1 unspecified atom stereocenters. The van der Waals surface area contributed by atoms with E-state index in [2.05, 4.69) is 10.00 Å². The minimum Gasteiger partial charge on any atom is -0.457 e. The van der Waals surface area contributed by atoms with Gasteiger partial charge in [0.05, 0.1) is 17.1 Å². The Morgan fingerprint density at radius 2 is 1.85 bits per heavy atom. The number of aromatic nitrogens is 2. The zero-order chi connectivity index (χ0) is 24.0. The maximum absolute atomic E-state index is 13.5. The Morgan fingerprint density at radius 3 is 2.59 bits per heavy atom. The standard InChI is InChI=1S/C25H30N4O5/c1-16-17(4-5-18-19(16)15-34-23(18)32)20(30)14-28-12-9-25(10-13-28)8-3-11-29(24(25)33)21-6-7-22(31)27(2)26-21/h4-7,20,30H,3,8-15H2,1-2H3. The van der Waals surface area contributed by atoms with Crippen LogP contribution in [0.1, 0.15) is 58.8 Å². The molecule has 1 atom stereocenters. The SMILES string of the molecule is Cc1c(C(O)CN2CCC3(CCCN(c4ccc(=O)n(C)n4)C3=O)CC2)ccc2c1COC2=O. The molecule has 1 N–H and O–H groups in total. The van der Waals surface area contributed by atoms with Crippen LogP contribution in [0.3, 0.4) is 0 Å². The highest BCUT2D eigenvalue weighted by Crippen LogP contribution is 2.42. The molecule has 3 aliphatic rings. The van der Waals surface area contributed by atoms with Crippen molar-refractivity contribution >= 4 is 17.7 Å². The van der Waals surface area contributed by atoms with Crippen molar-refractivity contribution in [2.45, 2.75) is 45.3 Å². The van der Waals surface area contributed by atoms with Crippen LogP contribution in [0.25, 0.3) is 0 Å². The number of aryl methyl sites for hydroxylation is 1. The minimum absolute atomic E-state index is 0.0873. The molecule has 1 spiro atoms. The lowest BCUT2D eigenvalue weighted by atomic mass is 9.71. The number of piperidine rings is 2. The molecule has 2 fully saturated rings. The fraction of sp³-hybridized carbons (Fsp3) is 0.520. The monoisotopic (exact) mass is 466 g/mol. The van der Waals surface area contributed by atoms with Gasteiger partial charge in [-0.25, -0.2) is 9.48 Å². The molecule has 2 saturated heterocycles. The van der Waals surface area contributed by atoms with Gasteiger partial charge in [-0.1, -0.05) is 6.07 Å². The Morgan fingerprint density at radius 1 is 1.09 bits per heavy atom. The summed E-state index contributed by atoms with van der Waals surface area (Å²) in [6, 6.07) is 6.63. The molecule has 0 aliphatic carbocycles. The van der Waals surface area contributed by atoms with Gasteiger partial charge in [0.15, 0.2) is 5.82 Å². The molecule has 9 nitrogen and oxygen atoms in total. The first kappa shape index (κ1) is 22.7. The van der Waals surface area contributed by atoms with E-state index in [9.17, 15) is 19.5 Å². The number of hydrogen-bond acceptors (Lipinski definition) is 7. The van der Waals surface area contributed by atoms with Crippen molar-refractivity contribution in [1.82, 2.24) is 14.7 Å². The molecule has 0 bridgehead atoms. The molecule has 0 saturated carbocycles. The van der Waals surface area contributed by atoms with Crippen molar-refractivity contribution in [2.75, 3.05) is 31.1 Å². The predicted molar refractivity (Wildman–Crippen MR) is 124 cm³/mol. The normalized spacial score (nSPS) is 21.0. The first-order valence-electron chi connectivity index (χ1n) is 11.9.